The molecule has 3 rings (SSSR count). The molecule has 2 heterocycles. The van der Waals surface area contributed by atoms with Gasteiger partial charge in [0.2, 0.25) is 5.91 Å². The normalized spacial score (nSPS) is 14.8. The standard InChI is InChI=1S/C22H26ClN3O5S/c1-3-9-30-12-16(25-22(29)18-6-7-19(23)32-18)21(28)24-15-4-5-17(14(2)11-15)26-8-10-31-13-20(26)27/h4-7,11,16H,3,8-10,12-13H2,1-2H3,(H,24,28)(H,25,29)/t16-/m1/s1. The van der Waals surface area contributed by atoms with E-state index in [9.17, 15) is 14.4 Å². The largest absolute Gasteiger partial charge is 0.379 e. The minimum atomic E-state index is -0.879. The Morgan fingerprint density at radius 3 is 2.78 bits per heavy atom. The Morgan fingerprint density at radius 2 is 2.12 bits per heavy atom. The Morgan fingerprint density at radius 1 is 1.31 bits per heavy atom. The summed E-state index contributed by atoms with van der Waals surface area (Å²) in [7, 11) is 0. The van der Waals surface area contributed by atoms with E-state index in [-0.39, 0.29) is 25.0 Å². The summed E-state index contributed by atoms with van der Waals surface area (Å²) in [5, 5.41) is 5.55. The predicted octanol–water partition coefficient (Wildman–Crippen LogP) is 3.24. The van der Waals surface area contributed by atoms with Crippen LogP contribution in [0.1, 0.15) is 28.6 Å². The summed E-state index contributed by atoms with van der Waals surface area (Å²) in [6.07, 6.45) is 0.795. The van der Waals surface area contributed by atoms with Gasteiger partial charge in [0.15, 0.2) is 0 Å². The van der Waals surface area contributed by atoms with Crippen molar-refractivity contribution in [1.29, 1.82) is 0 Å². The van der Waals surface area contributed by atoms with Gasteiger partial charge in [-0.25, -0.2) is 0 Å². The molecule has 1 saturated heterocycles. The number of amides is 3. The number of carbonyl (C=O) groups is 3. The quantitative estimate of drug-likeness (QED) is 0.538. The summed E-state index contributed by atoms with van der Waals surface area (Å²) in [5.74, 6) is -0.883. The monoisotopic (exact) mass is 479 g/mol. The number of hydrogen-bond acceptors (Lipinski definition) is 6. The number of carbonyl (C=O) groups excluding carboxylic acids is 3. The predicted molar refractivity (Wildman–Crippen MR) is 125 cm³/mol. The molecule has 32 heavy (non-hydrogen) atoms. The molecular weight excluding hydrogens is 454 g/mol. The van der Waals surface area contributed by atoms with Gasteiger partial charge in [0.1, 0.15) is 12.6 Å². The minimum absolute atomic E-state index is 0.0455. The second-order valence-corrected chi connectivity index (χ2v) is 9.01. The third kappa shape index (κ3) is 6.29. The highest BCUT2D eigenvalue weighted by Crippen LogP contribution is 2.25. The fourth-order valence-electron chi connectivity index (χ4n) is 3.23. The molecule has 1 aromatic heterocycles. The number of nitrogens with zero attached hydrogens (tertiary/aromatic N) is 1. The molecule has 2 aromatic rings. The number of anilines is 2. The number of rotatable bonds is 9. The van der Waals surface area contributed by atoms with Gasteiger partial charge in [-0.1, -0.05) is 18.5 Å². The molecule has 0 aliphatic carbocycles. The fraction of sp³-hybridized carbons (Fsp3) is 0.409. The Kier molecular flexibility index (Phi) is 8.63. The van der Waals surface area contributed by atoms with E-state index in [1.165, 1.54) is 0 Å². The van der Waals surface area contributed by atoms with Crippen LogP contribution in [0, 0.1) is 6.92 Å². The first-order chi connectivity index (χ1) is 15.4. The molecule has 2 N–H and O–H groups in total. The van der Waals surface area contributed by atoms with Crippen LogP contribution in [0.3, 0.4) is 0 Å². The number of thiophene rings is 1. The van der Waals surface area contributed by atoms with Gasteiger partial charge in [-0.3, -0.25) is 14.4 Å². The lowest BCUT2D eigenvalue weighted by atomic mass is 10.1. The lowest BCUT2D eigenvalue weighted by Crippen LogP contribution is -2.46. The molecule has 1 atom stereocenters. The molecular formula is C22H26ClN3O5S. The zero-order chi connectivity index (χ0) is 23.1. The molecule has 1 aromatic carbocycles. The maximum atomic E-state index is 12.9. The van der Waals surface area contributed by atoms with Crippen molar-refractivity contribution in [2.45, 2.75) is 26.3 Å². The zero-order valence-corrected chi connectivity index (χ0v) is 19.6. The SMILES string of the molecule is CCCOC[C@@H](NC(=O)c1ccc(Cl)s1)C(=O)Nc1ccc(N2CCOCC2=O)c(C)c1. The van der Waals surface area contributed by atoms with Crippen LogP contribution >= 0.6 is 22.9 Å². The molecule has 0 bridgehead atoms. The van der Waals surface area contributed by atoms with Crippen LogP contribution in [-0.4, -0.2) is 56.7 Å². The van der Waals surface area contributed by atoms with Crippen molar-refractivity contribution in [3.05, 3.63) is 45.1 Å². The Balaban J connectivity index is 1.69. The molecule has 8 nitrogen and oxygen atoms in total. The first-order valence-corrected chi connectivity index (χ1v) is 11.5. The average molecular weight is 480 g/mol. The van der Waals surface area contributed by atoms with E-state index in [1.807, 2.05) is 13.8 Å². The van der Waals surface area contributed by atoms with Gasteiger partial charge in [-0.2, -0.15) is 0 Å². The van der Waals surface area contributed by atoms with Crippen molar-refractivity contribution in [3.8, 4) is 0 Å². The lowest BCUT2D eigenvalue weighted by molar-refractivity contribution is -0.125. The third-order valence-corrected chi connectivity index (χ3v) is 6.02. The van der Waals surface area contributed by atoms with Gasteiger partial charge in [-0.15, -0.1) is 11.3 Å². The smallest absolute Gasteiger partial charge is 0.262 e. The second kappa shape index (κ2) is 11.4. The lowest BCUT2D eigenvalue weighted by Gasteiger charge is -2.28. The fourth-order valence-corrected chi connectivity index (χ4v) is 4.18. The van der Waals surface area contributed by atoms with E-state index in [0.717, 1.165) is 29.0 Å². The van der Waals surface area contributed by atoms with Gasteiger partial charge in [0, 0.05) is 24.5 Å². The summed E-state index contributed by atoms with van der Waals surface area (Å²) in [6, 6.07) is 7.68. The number of aryl methyl sites for hydroxylation is 1. The maximum absolute atomic E-state index is 12.9. The highest BCUT2D eigenvalue weighted by Gasteiger charge is 2.24. The molecule has 172 valence electrons. The van der Waals surface area contributed by atoms with E-state index in [2.05, 4.69) is 10.6 Å². The van der Waals surface area contributed by atoms with Crippen LogP contribution in [0.25, 0.3) is 0 Å². The maximum Gasteiger partial charge on any atom is 0.262 e. The molecule has 10 heteroatoms. The third-order valence-electron chi connectivity index (χ3n) is 4.79. The molecule has 0 spiro atoms. The summed E-state index contributed by atoms with van der Waals surface area (Å²) in [5.41, 5.74) is 2.18. The van der Waals surface area contributed by atoms with Gasteiger partial charge in [0.05, 0.1) is 22.4 Å². The van der Waals surface area contributed by atoms with Crippen molar-refractivity contribution < 1.29 is 23.9 Å². The van der Waals surface area contributed by atoms with Crippen LogP contribution < -0.4 is 15.5 Å². The van der Waals surface area contributed by atoms with E-state index >= 15 is 0 Å². The molecule has 0 saturated carbocycles. The molecule has 0 unspecified atom stereocenters. The van der Waals surface area contributed by atoms with Crippen molar-refractivity contribution in [1.82, 2.24) is 5.32 Å². The first kappa shape index (κ1) is 24.2. The molecule has 1 fully saturated rings. The van der Waals surface area contributed by atoms with E-state index in [4.69, 9.17) is 21.1 Å². The van der Waals surface area contributed by atoms with Crippen LogP contribution in [0.15, 0.2) is 30.3 Å². The van der Waals surface area contributed by atoms with E-state index < -0.39 is 11.9 Å². The van der Waals surface area contributed by atoms with Crippen LogP contribution in [0.2, 0.25) is 4.34 Å². The molecule has 1 aliphatic rings. The van der Waals surface area contributed by atoms with Crippen LogP contribution in [-0.2, 0) is 19.1 Å². The van der Waals surface area contributed by atoms with Crippen molar-refractivity contribution in [3.63, 3.8) is 0 Å². The van der Waals surface area contributed by atoms with Crippen LogP contribution in [0.4, 0.5) is 11.4 Å². The zero-order valence-electron chi connectivity index (χ0n) is 18.0. The van der Waals surface area contributed by atoms with Crippen LogP contribution in [0.5, 0.6) is 0 Å². The Bertz CT molecular complexity index is 980. The highest BCUT2D eigenvalue weighted by molar-refractivity contribution is 7.18. The second-order valence-electron chi connectivity index (χ2n) is 7.29. The highest BCUT2D eigenvalue weighted by atomic mass is 35.5. The summed E-state index contributed by atoms with van der Waals surface area (Å²) < 4.78 is 11.2. The van der Waals surface area contributed by atoms with E-state index in [1.54, 1.807) is 35.2 Å². The summed E-state index contributed by atoms with van der Waals surface area (Å²) in [6.45, 7) is 5.39. The average Bonchev–Trinajstić information content (AvgIpc) is 3.20. The van der Waals surface area contributed by atoms with Gasteiger partial charge in [0.25, 0.3) is 11.8 Å². The number of halogens is 1. The van der Waals surface area contributed by atoms with Crippen molar-refractivity contribution in [2.75, 3.05) is 43.2 Å². The molecule has 3 amide bonds. The number of ether oxygens (including phenoxy) is 2. The van der Waals surface area contributed by atoms with E-state index in [0.29, 0.717) is 34.7 Å². The Hall–Kier alpha value is -2.46. The number of hydrogen-bond donors (Lipinski definition) is 2. The van der Waals surface area contributed by atoms with Gasteiger partial charge < -0.3 is 25.0 Å². The van der Waals surface area contributed by atoms with Gasteiger partial charge in [-0.05, 0) is 49.2 Å². The van der Waals surface area contributed by atoms with Crippen molar-refractivity contribution in [2.24, 2.45) is 0 Å². The topological polar surface area (TPSA) is 97.0 Å². The molecule has 0 radical (unpaired) electrons. The summed E-state index contributed by atoms with van der Waals surface area (Å²) in [4.78, 5) is 39.6. The first-order valence-electron chi connectivity index (χ1n) is 10.3. The Labute approximate surface area is 195 Å². The minimum Gasteiger partial charge on any atom is -0.379 e. The van der Waals surface area contributed by atoms with Crippen molar-refractivity contribution >= 4 is 52.0 Å². The number of benzene rings is 1. The molecule has 1 aliphatic heterocycles. The number of morpholine rings is 1. The summed E-state index contributed by atoms with van der Waals surface area (Å²) >= 11 is 7.05. The number of nitrogens with one attached hydrogen (secondary N) is 2. The van der Waals surface area contributed by atoms with Gasteiger partial charge >= 0.3 is 0 Å².